The Kier molecular flexibility index (Phi) is 8.97. The van der Waals surface area contributed by atoms with Crippen LogP contribution in [-0.4, -0.2) is 50.6 Å². The topological polar surface area (TPSA) is 118 Å². The number of hydrogen-bond acceptors (Lipinski definition) is 5. The monoisotopic (exact) mass is 584 g/mol. The molecular weight excluding hydrogens is 551 g/mol. The van der Waals surface area contributed by atoms with Crippen molar-refractivity contribution in [3.05, 3.63) is 41.9 Å². The van der Waals surface area contributed by atoms with Crippen molar-refractivity contribution in [1.82, 2.24) is 25.4 Å². The summed E-state index contributed by atoms with van der Waals surface area (Å²) in [5.41, 5.74) is 0.674. The molecule has 0 aromatic carbocycles. The van der Waals surface area contributed by atoms with E-state index in [0.717, 1.165) is 0 Å². The van der Waals surface area contributed by atoms with Crippen molar-refractivity contribution in [1.29, 1.82) is 0 Å². The Bertz CT molecular complexity index is 1250. The molecule has 14 heteroatoms. The molecule has 2 atom stereocenters. The van der Waals surface area contributed by atoms with Crippen molar-refractivity contribution in [3.8, 4) is 0 Å². The van der Waals surface area contributed by atoms with Gasteiger partial charge in [0.25, 0.3) is 5.91 Å². The largest absolute Gasteiger partial charge is 0.397 e. The Morgan fingerprint density at radius 1 is 1.02 bits per heavy atom. The Balaban J connectivity index is 1.52. The van der Waals surface area contributed by atoms with Gasteiger partial charge in [0.15, 0.2) is 0 Å². The zero-order chi connectivity index (χ0) is 29.9. The number of halogens is 5. The van der Waals surface area contributed by atoms with E-state index in [1.807, 2.05) is 13.8 Å². The lowest BCUT2D eigenvalue weighted by Crippen LogP contribution is -2.50. The fraction of sp³-hybridized carbons (Fsp3) is 0.593. The van der Waals surface area contributed by atoms with Crippen LogP contribution in [0.5, 0.6) is 0 Å². The Labute approximate surface area is 233 Å². The molecule has 2 fully saturated rings. The zero-order valence-corrected chi connectivity index (χ0v) is 22.7. The van der Waals surface area contributed by atoms with Crippen LogP contribution in [-0.2, 0) is 9.59 Å². The molecule has 4 rings (SSSR count). The quantitative estimate of drug-likeness (QED) is 0.342. The van der Waals surface area contributed by atoms with E-state index in [0.29, 0.717) is 18.4 Å². The number of nitrogens with one attached hydrogen (secondary N) is 3. The minimum absolute atomic E-state index is 0.0112. The molecule has 0 saturated heterocycles. The Hall–Kier alpha value is -3.58. The predicted molar refractivity (Wildman–Crippen MR) is 138 cm³/mol. The third kappa shape index (κ3) is 8.23. The fourth-order valence-corrected chi connectivity index (χ4v) is 5.14. The number of alkyl halides is 5. The summed E-state index contributed by atoms with van der Waals surface area (Å²) in [6.07, 6.45) is -2.84. The van der Waals surface area contributed by atoms with Gasteiger partial charge >= 0.3 is 6.18 Å². The third-order valence-corrected chi connectivity index (χ3v) is 7.36. The van der Waals surface area contributed by atoms with Crippen molar-refractivity contribution in [3.63, 3.8) is 0 Å². The van der Waals surface area contributed by atoms with Gasteiger partial charge in [0.1, 0.15) is 24.0 Å². The first kappa shape index (κ1) is 30.4. The van der Waals surface area contributed by atoms with Crippen LogP contribution in [0.2, 0.25) is 0 Å². The summed E-state index contributed by atoms with van der Waals surface area (Å²) >= 11 is 0. The molecule has 0 bridgehead atoms. The molecule has 224 valence electrons. The van der Waals surface area contributed by atoms with E-state index in [2.05, 4.69) is 26.0 Å². The van der Waals surface area contributed by atoms with Gasteiger partial charge in [-0.3, -0.25) is 19.1 Å². The highest BCUT2D eigenvalue weighted by Crippen LogP contribution is 2.42. The molecule has 2 heterocycles. The number of pyridine rings is 1. The summed E-state index contributed by atoms with van der Waals surface area (Å²) in [4.78, 5) is 42.8. The number of carbonyl (C=O) groups is 3. The first-order chi connectivity index (χ1) is 19.2. The van der Waals surface area contributed by atoms with Gasteiger partial charge in [-0.2, -0.15) is 18.3 Å². The van der Waals surface area contributed by atoms with E-state index in [4.69, 9.17) is 0 Å². The van der Waals surface area contributed by atoms with Crippen molar-refractivity contribution < 1.29 is 36.3 Å². The van der Waals surface area contributed by atoms with Crippen LogP contribution in [0, 0.1) is 11.8 Å². The van der Waals surface area contributed by atoms with E-state index >= 15 is 0 Å². The lowest BCUT2D eigenvalue weighted by Gasteiger charge is -2.33. The van der Waals surface area contributed by atoms with Gasteiger partial charge in [0.05, 0.1) is 6.04 Å². The lowest BCUT2D eigenvalue weighted by atomic mass is 9.81. The molecule has 2 aliphatic carbocycles. The molecule has 0 radical (unpaired) electrons. The average molecular weight is 585 g/mol. The minimum atomic E-state index is -4.65. The molecule has 2 aromatic rings. The van der Waals surface area contributed by atoms with Crippen molar-refractivity contribution >= 4 is 23.5 Å². The highest BCUT2D eigenvalue weighted by molar-refractivity contribution is 6.00. The molecule has 3 amide bonds. The van der Waals surface area contributed by atoms with E-state index in [9.17, 15) is 36.3 Å². The normalized spacial score (nSPS) is 18.9. The molecule has 41 heavy (non-hydrogen) atoms. The van der Waals surface area contributed by atoms with Gasteiger partial charge in [0, 0.05) is 31.3 Å². The maximum absolute atomic E-state index is 13.9. The maximum atomic E-state index is 13.9. The van der Waals surface area contributed by atoms with Gasteiger partial charge < -0.3 is 16.0 Å². The van der Waals surface area contributed by atoms with Crippen LogP contribution in [0.15, 0.2) is 30.6 Å². The molecule has 0 spiro atoms. The van der Waals surface area contributed by atoms with E-state index in [1.165, 1.54) is 29.2 Å². The zero-order valence-electron chi connectivity index (χ0n) is 22.7. The van der Waals surface area contributed by atoms with Crippen LogP contribution in [0.3, 0.4) is 0 Å². The van der Waals surface area contributed by atoms with E-state index in [-0.39, 0.29) is 36.3 Å². The smallest absolute Gasteiger partial charge is 0.349 e. The molecule has 0 aliphatic heterocycles. The van der Waals surface area contributed by atoms with Gasteiger partial charge in [-0.15, -0.1) is 0 Å². The first-order valence-electron chi connectivity index (χ1n) is 13.6. The van der Waals surface area contributed by atoms with Crippen LogP contribution in [0.25, 0.3) is 0 Å². The lowest BCUT2D eigenvalue weighted by molar-refractivity contribution is -0.154. The number of amides is 3. The van der Waals surface area contributed by atoms with E-state index < -0.39 is 67.1 Å². The molecule has 3 N–H and O–H groups in total. The maximum Gasteiger partial charge on any atom is 0.397 e. The summed E-state index contributed by atoms with van der Waals surface area (Å²) in [5, 5.41) is 11.9. The molecule has 2 aliphatic rings. The number of carbonyl (C=O) groups excluding carboxylic acids is 3. The summed E-state index contributed by atoms with van der Waals surface area (Å²) in [7, 11) is 0. The highest BCUT2D eigenvalue weighted by atomic mass is 19.4. The summed E-state index contributed by atoms with van der Waals surface area (Å²) in [6.45, 7) is 3.66. The van der Waals surface area contributed by atoms with Crippen LogP contribution in [0.4, 0.5) is 27.8 Å². The summed E-state index contributed by atoms with van der Waals surface area (Å²) in [5.74, 6) is -5.83. The SMILES string of the molecule is CC(C)n1nccc1C(=O)N[C@H](C(=O)Nc1cc(C(NC(=O)CC(F)(F)F)C2CC2)ccn1)C1CCC(F)(F)CC1. The van der Waals surface area contributed by atoms with Crippen LogP contribution < -0.4 is 16.0 Å². The average Bonchev–Trinajstić information content (AvgIpc) is 3.59. The highest BCUT2D eigenvalue weighted by Gasteiger charge is 2.41. The molecule has 2 saturated carbocycles. The van der Waals surface area contributed by atoms with Crippen LogP contribution >= 0.6 is 0 Å². The van der Waals surface area contributed by atoms with Gasteiger partial charge in [-0.1, -0.05) is 0 Å². The summed E-state index contributed by atoms with van der Waals surface area (Å²) < 4.78 is 67.4. The molecular formula is C27H33F5N6O3. The number of anilines is 1. The molecule has 1 unspecified atom stereocenters. The molecule has 2 aromatic heterocycles. The van der Waals surface area contributed by atoms with Crippen molar-refractivity contribution in [2.75, 3.05) is 5.32 Å². The van der Waals surface area contributed by atoms with Crippen molar-refractivity contribution in [2.45, 2.75) is 89.0 Å². The van der Waals surface area contributed by atoms with E-state index in [1.54, 1.807) is 6.07 Å². The minimum Gasteiger partial charge on any atom is -0.349 e. The number of rotatable bonds is 10. The predicted octanol–water partition coefficient (Wildman–Crippen LogP) is 4.94. The molecule has 9 nitrogen and oxygen atoms in total. The summed E-state index contributed by atoms with van der Waals surface area (Å²) in [6, 6.07) is 2.49. The number of hydrogen-bond donors (Lipinski definition) is 3. The first-order valence-corrected chi connectivity index (χ1v) is 13.6. The van der Waals surface area contributed by atoms with Gasteiger partial charge in [-0.25, -0.2) is 13.8 Å². The second-order valence-electron chi connectivity index (χ2n) is 11.0. The number of aromatic nitrogens is 3. The Morgan fingerprint density at radius 3 is 2.32 bits per heavy atom. The second kappa shape index (κ2) is 12.1. The van der Waals surface area contributed by atoms with Crippen LogP contribution in [0.1, 0.15) is 86.9 Å². The van der Waals surface area contributed by atoms with Gasteiger partial charge in [0.2, 0.25) is 17.7 Å². The Morgan fingerprint density at radius 2 is 1.71 bits per heavy atom. The second-order valence-corrected chi connectivity index (χ2v) is 11.0. The fourth-order valence-electron chi connectivity index (χ4n) is 5.14. The van der Waals surface area contributed by atoms with Gasteiger partial charge in [-0.05, 0) is 75.1 Å². The third-order valence-electron chi connectivity index (χ3n) is 7.36. The standard InChI is InChI=1S/C27H33F5N6O3/c1-15(2)38-19(8-12-34-38)24(40)37-23(17-5-9-26(28,29)10-6-17)25(41)35-20-13-18(7-11-33-20)22(16-3-4-16)36-21(39)14-27(30,31)32/h7-8,11-13,15-17,22-23H,3-6,9-10,14H2,1-2H3,(H,36,39)(H,37,40)(H,33,35,41)/t22?,23-/m0/s1. The number of nitrogens with zero attached hydrogens (tertiary/aromatic N) is 3. The van der Waals surface area contributed by atoms with Crippen molar-refractivity contribution in [2.24, 2.45) is 11.8 Å².